The molecule has 154 valence electrons. The fraction of sp³-hybridized carbons (Fsp3) is 0.190. The van der Waals surface area contributed by atoms with E-state index in [-0.39, 0.29) is 18.1 Å². The highest BCUT2D eigenvalue weighted by Crippen LogP contribution is 2.34. The van der Waals surface area contributed by atoms with E-state index in [1.807, 2.05) is 0 Å². The van der Waals surface area contributed by atoms with Crippen LogP contribution in [0, 0.1) is 0 Å². The second-order valence-corrected chi connectivity index (χ2v) is 6.29. The molecule has 0 unspecified atom stereocenters. The number of amides is 2. The van der Waals surface area contributed by atoms with Crippen LogP contribution in [-0.4, -0.2) is 37.6 Å². The molecule has 1 aliphatic rings. The lowest BCUT2D eigenvalue weighted by atomic mass is 10.2. The number of furan rings is 1. The molecule has 0 saturated heterocycles. The average Bonchev–Trinajstić information content (AvgIpc) is 3.12. The van der Waals surface area contributed by atoms with Crippen molar-refractivity contribution in [3.63, 3.8) is 0 Å². The van der Waals surface area contributed by atoms with Gasteiger partial charge in [0.25, 0.3) is 5.91 Å². The van der Waals surface area contributed by atoms with E-state index >= 15 is 0 Å². The molecule has 2 heterocycles. The number of hydrogen-bond donors (Lipinski definition) is 2. The Balaban J connectivity index is 1.63. The van der Waals surface area contributed by atoms with Crippen molar-refractivity contribution in [2.24, 2.45) is 0 Å². The number of anilines is 2. The number of nitrogens with one attached hydrogen (secondary N) is 2. The summed E-state index contributed by atoms with van der Waals surface area (Å²) in [4.78, 5) is 36.8. The van der Waals surface area contributed by atoms with Crippen LogP contribution < -0.4 is 20.1 Å². The SMILES string of the molecule is CCOC(=O)C(=O)Nc1c(C(=O)Nc2ccc3c(c2)OCCO3)oc2ccccc12. The first-order chi connectivity index (χ1) is 14.6. The van der Waals surface area contributed by atoms with Gasteiger partial charge in [0.15, 0.2) is 11.5 Å². The molecule has 0 bridgehead atoms. The molecule has 0 fully saturated rings. The van der Waals surface area contributed by atoms with Crippen molar-refractivity contribution in [2.45, 2.75) is 6.92 Å². The van der Waals surface area contributed by atoms with Crippen molar-refractivity contribution >= 4 is 40.1 Å². The number of rotatable bonds is 4. The van der Waals surface area contributed by atoms with E-state index in [9.17, 15) is 14.4 Å². The second kappa shape index (κ2) is 8.16. The van der Waals surface area contributed by atoms with E-state index < -0.39 is 17.8 Å². The highest BCUT2D eigenvalue weighted by molar-refractivity contribution is 6.38. The van der Waals surface area contributed by atoms with Crippen LogP contribution in [0.25, 0.3) is 11.0 Å². The number of para-hydroxylation sites is 1. The Bertz CT molecular complexity index is 1140. The van der Waals surface area contributed by atoms with Gasteiger partial charge in [-0.1, -0.05) is 12.1 Å². The van der Waals surface area contributed by atoms with E-state index in [1.165, 1.54) is 0 Å². The van der Waals surface area contributed by atoms with Crippen molar-refractivity contribution in [3.05, 3.63) is 48.2 Å². The third-order valence-corrected chi connectivity index (χ3v) is 4.30. The summed E-state index contributed by atoms with van der Waals surface area (Å²) >= 11 is 0. The summed E-state index contributed by atoms with van der Waals surface area (Å²) in [6, 6.07) is 11.7. The van der Waals surface area contributed by atoms with Gasteiger partial charge in [0.1, 0.15) is 24.5 Å². The molecule has 0 atom stereocenters. The second-order valence-electron chi connectivity index (χ2n) is 6.29. The zero-order chi connectivity index (χ0) is 21.1. The molecule has 1 aliphatic heterocycles. The maximum absolute atomic E-state index is 12.9. The smallest absolute Gasteiger partial charge is 0.397 e. The van der Waals surface area contributed by atoms with Crippen LogP contribution in [0.4, 0.5) is 11.4 Å². The summed E-state index contributed by atoms with van der Waals surface area (Å²) in [6.45, 7) is 2.51. The number of esters is 1. The summed E-state index contributed by atoms with van der Waals surface area (Å²) in [5, 5.41) is 5.60. The van der Waals surface area contributed by atoms with E-state index in [2.05, 4.69) is 10.6 Å². The molecule has 0 spiro atoms. The van der Waals surface area contributed by atoms with Gasteiger partial charge in [-0.25, -0.2) is 4.79 Å². The van der Waals surface area contributed by atoms with E-state index in [4.69, 9.17) is 18.6 Å². The fourth-order valence-corrected chi connectivity index (χ4v) is 3.00. The lowest BCUT2D eigenvalue weighted by Gasteiger charge is -2.18. The predicted molar refractivity (Wildman–Crippen MR) is 107 cm³/mol. The van der Waals surface area contributed by atoms with Gasteiger partial charge in [-0.3, -0.25) is 9.59 Å². The molecule has 2 aromatic carbocycles. The van der Waals surface area contributed by atoms with Gasteiger partial charge in [0.2, 0.25) is 5.76 Å². The maximum atomic E-state index is 12.9. The minimum atomic E-state index is -1.05. The molecular weight excluding hydrogens is 392 g/mol. The van der Waals surface area contributed by atoms with Crippen molar-refractivity contribution in [1.29, 1.82) is 0 Å². The number of fused-ring (bicyclic) bond motifs is 2. The Morgan fingerprint density at radius 3 is 2.57 bits per heavy atom. The van der Waals surface area contributed by atoms with Gasteiger partial charge in [0, 0.05) is 17.1 Å². The molecule has 4 rings (SSSR count). The Hall–Kier alpha value is -4.01. The molecule has 1 aromatic heterocycles. The zero-order valence-electron chi connectivity index (χ0n) is 16.0. The van der Waals surface area contributed by atoms with Gasteiger partial charge < -0.3 is 29.3 Å². The standard InChI is InChI=1S/C21H18N2O7/c1-2-27-21(26)20(25)23-17-13-5-3-4-6-14(13)30-18(17)19(24)22-12-7-8-15-16(11-12)29-10-9-28-15/h3-8,11H,2,9-10H2,1H3,(H,22,24)(H,23,25). The first-order valence-corrected chi connectivity index (χ1v) is 9.27. The van der Waals surface area contributed by atoms with Gasteiger partial charge in [0.05, 0.1) is 6.61 Å². The van der Waals surface area contributed by atoms with Crippen molar-refractivity contribution in [1.82, 2.24) is 0 Å². The number of carbonyl (C=O) groups excluding carboxylic acids is 3. The number of carbonyl (C=O) groups is 3. The van der Waals surface area contributed by atoms with Crippen LogP contribution in [0.2, 0.25) is 0 Å². The molecule has 30 heavy (non-hydrogen) atoms. The Morgan fingerprint density at radius 1 is 1.00 bits per heavy atom. The van der Waals surface area contributed by atoms with E-state index in [1.54, 1.807) is 49.4 Å². The molecule has 2 N–H and O–H groups in total. The average molecular weight is 410 g/mol. The molecule has 9 nitrogen and oxygen atoms in total. The van der Waals surface area contributed by atoms with Gasteiger partial charge in [-0.2, -0.15) is 0 Å². The molecular formula is C21H18N2O7. The lowest BCUT2D eigenvalue weighted by molar-refractivity contribution is -0.152. The Kier molecular flexibility index (Phi) is 5.25. The first-order valence-electron chi connectivity index (χ1n) is 9.27. The molecule has 3 aromatic rings. The third kappa shape index (κ3) is 3.77. The minimum absolute atomic E-state index is 0.0514. The van der Waals surface area contributed by atoms with Crippen molar-refractivity contribution in [2.75, 3.05) is 30.5 Å². The van der Waals surface area contributed by atoms with Crippen molar-refractivity contribution in [3.8, 4) is 11.5 Å². The molecule has 0 radical (unpaired) electrons. The zero-order valence-corrected chi connectivity index (χ0v) is 16.0. The first kappa shape index (κ1) is 19.3. The fourth-order valence-electron chi connectivity index (χ4n) is 3.00. The maximum Gasteiger partial charge on any atom is 0.397 e. The van der Waals surface area contributed by atoms with Gasteiger partial charge in [-0.05, 0) is 31.2 Å². The van der Waals surface area contributed by atoms with Crippen LogP contribution >= 0.6 is 0 Å². The predicted octanol–water partition coefficient (Wildman–Crippen LogP) is 2.96. The third-order valence-electron chi connectivity index (χ3n) is 4.30. The number of ether oxygens (including phenoxy) is 3. The van der Waals surface area contributed by atoms with Crippen LogP contribution in [0.1, 0.15) is 17.5 Å². The normalized spacial score (nSPS) is 12.3. The highest BCUT2D eigenvalue weighted by Gasteiger charge is 2.25. The lowest BCUT2D eigenvalue weighted by Crippen LogP contribution is -2.26. The highest BCUT2D eigenvalue weighted by atomic mass is 16.6. The molecule has 2 amide bonds. The summed E-state index contributed by atoms with van der Waals surface area (Å²) in [5.74, 6) is -1.71. The largest absolute Gasteiger partial charge is 0.486 e. The number of hydrogen-bond acceptors (Lipinski definition) is 7. The van der Waals surface area contributed by atoms with Gasteiger partial charge in [-0.15, -0.1) is 0 Å². The monoisotopic (exact) mass is 410 g/mol. The van der Waals surface area contributed by atoms with Crippen LogP contribution in [0.3, 0.4) is 0 Å². The molecule has 9 heteroatoms. The molecule has 0 saturated carbocycles. The van der Waals surface area contributed by atoms with Crippen LogP contribution in [-0.2, 0) is 14.3 Å². The summed E-state index contributed by atoms with van der Waals surface area (Å²) in [5.41, 5.74) is 0.912. The Morgan fingerprint density at radius 2 is 1.77 bits per heavy atom. The van der Waals surface area contributed by atoms with Crippen molar-refractivity contribution < 1.29 is 33.0 Å². The Labute approximate surface area is 170 Å². The number of benzene rings is 2. The minimum Gasteiger partial charge on any atom is -0.486 e. The van der Waals surface area contributed by atoms with Crippen LogP contribution in [0.15, 0.2) is 46.9 Å². The summed E-state index contributed by atoms with van der Waals surface area (Å²) in [7, 11) is 0. The summed E-state index contributed by atoms with van der Waals surface area (Å²) in [6.07, 6.45) is 0. The summed E-state index contributed by atoms with van der Waals surface area (Å²) < 4.78 is 21.3. The van der Waals surface area contributed by atoms with E-state index in [0.29, 0.717) is 41.4 Å². The van der Waals surface area contributed by atoms with E-state index in [0.717, 1.165) is 0 Å². The topological polar surface area (TPSA) is 116 Å². The quantitative estimate of drug-likeness (QED) is 0.502. The molecule has 0 aliphatic carbocycles. The van der Waals surface area contributed by atoms with Crippen LogP contribution in [0.5, 0.6) is 11.5 Å². The van der Waals surface area contributed by atoms with Gasteiger partial charge >= 0.3 is 11.9 Å².